The molecule has 116 valence electrons. The van der Waals surface area contributed by atoms with Crippen molar-refractivity contribution in [2.75, 3.05) is 20.1 Å². The summed E-state index contributed by atoms with van der Waals surface area (Å²) in [7, 11) is 1.72. The topological polar surface area (TPSA) is 32.3 Å². The summed E-state index contributed by atoms with van der Waals surface area (Å²) in [6, 6.07) is 3.82. The predicted molar refractivity (Wildman–Crippen MR) is 81.3 cm³/mol. The van der Waals surface area contributed by atoms with E-state index in [2.05, 4.69) is 5.32 Å². The molecule has 1 fully saturated rings. The summed E-state index contributed by atoms with van der Waals surface area (Å²) in [5, 5.41) is 3.23. The standard InChI is InChI=1S/C15H18F2N2O.ClH/c1-19(11-7-9-18-10-8-11)15(20)6-5-12-13(16)3-2-4-14(12)17;/h2-6,11,18H,7-10H2,1H3;1H. The third kappa shape index (κ3) is 4.51. The van der Waals surface area contributed by atoms with E-state index in [1.165, 1.54) is 30.4 Å². The van der Waals surface area contributed by atoms with Crippen LogP contribution in [0.3, 0.4) is 0 Å². The van der Waals surface area contributed by atoms with Gasteiger partial charge in [0.15, 0.2) is 0 Å². The molecule has 1 heterocycles. The van der Waals surface area contributed by atoms with Gasteiger partial charge in [0, 0.05) is 24.7 Å². The van der Waals surface area contributed by atoms with Crippen molar-refractivity contribution in [1.29, 1.82) is 0 Å². The Hall–Kier alpha value is -1.46. The van der Waals surface area contributed by atoms with E-state index < -0.39 is 11.6 Å². The first-order valence-corrected chi connectivity index (χ1v) is 6.69. The van der Waals surface area contributed by atoms with Gasteiger partial charge < -0.3 is 10.2 Å². The summed E-state index contributed by atoms with van der Waals surface area (Å²) in [6.07, 6.45) is 4.21. The molecule has 6 heteroatoms. The number of nitrogens with zero attached hydrogens (tertiary/aromatic N) is 1. The zero-order valence-electron chi connectivity index (χ0n) is 11.8. The third-order valence-electron chi connectivity index (χ3n) is 3.60. The first-order valence-electron chi connectivity index (χ1n) is 6.69. The van der Waals surface area contributed by atoms with Crippen molar-refractivity contribution >= 4 is 24.4 Å². The Labute approximate surface area is 129 Å². The molecule has 0 bridgehead atoms. The molecule has 1 aliphatic rings. The summed E-state index contributed by atoms with van der Waals surface area (Å²) in [4.78, 5) is 13.6. The van der Waals surface area contributed by atoms with Crippen LogP contribution in [0, 0.1) is 11.6 Å². The maximum absolute atomic E-state index is 13.4. The number of piperidine rings is 1. The van der Waals surface area contributed by atoms with E-state index in [1.54, 1.807) is 11.9 Å². The van der Waals surface area contributed by atoms with E-state index >= 15 is 0 Å². The first-order chi connectivity index (χ1) is 9.59. The van der Waals surface area contributed by atoms with Crippen LogP contribution in [0.5, 0.6) is 0 Å². The lowest BCUT2D eigenvalue weighted by Gasteiger charge is -2.30. The van der Waals surface area contributed by atoms with Crippen molar-refractivity contribution in [3.63, 3.8) is 0 Å². The molecule has 0 spiro atoms. The van der Waals surface area contributed by atoms with Gasteiger partial charge in [-0.2, -0.15) is 0 Å². The van der Waals surface area contributed by atoms with Crippen LogP contribution < -0.4 is 5.32 Å². The van der Waals surface area contributed by atoms with Gasteiger partial charge in [0.25, 0.3) is 0 Å². The number of carbonyl (C=O) groups excluding carboxylic acids is 1. The molecule has 2 rings (SSSR count). The number of likely N-dealkylation sites (N-methyl/N-ethyl adjacent to an activating group) is 1. The lowest BCUT2D eigenvalue weighted by atomic mass is 10.1. The summed E-state index contributed by atoms with van der Waals surface area (Å²) >= 11 is 0. The van der Waals surface area contributed by atoms with Crippen LogP contribution >= 0.6 is 12.4 Å². The van der Waals surface area contributed by atoms with Crippen LogP contribution in [-0.4, -0.2) is 37.0 Å². The Morgan fingerprint density at radius 1 is 1.29 bits per heavy atom. The van der Waals surface area contributed by atoms with Crippen LogP contribution in [-0.2, 0) is 4.79 Å². The summed E-state index contributed by atoms with van der Waals surface area (Å²) in [5.41, 5.74) is -0.181. The van der Waals surface area contributed by atoms with Gasteiger partial charge in [-0.1, -0.05) is 6.07 Å². The fourth-order valence-corrected chi connectivity index (χ4v) is 2.32. The van der Waals surface area contributed by atoms with E-state index in [-0.39, 0.29) is 29.9 Å². The van der Waals surface area contributed by atoms with E-state index in [0.717, 1.165) is 25.9 Å². The van der Waals surface area contributed by atoms with Gasteiger partial charge in [0.2, 0.25) is 5.91 Å². The van der Waals surface area contributed by atoms with Crippen molar-refractivity contribution in [2.24, 2.45) is 0 Å². The molecule has 1 aliphatic heterocycles. The molecule has 1 aromatic rings. The molecule has 1 saturated heterocycles. The maximum atomic E-state index is 13.4. The van der Waals surface area contributed by atoms with Crippen LogP contribution in [0.25, 0.3) is 6.08 Å². The highest BCUT2D eigenvalue weighted by atomic mass is 35.5. The number of rotatable bonds is 3. The fraction of sp³-hybridized carbons (Fsp3) is 0.400. The van der Waals surface area contributed by atoms with E-state index in [1.807, 2.05) is 0 Å². The van der Waals surface area contributed by atoms with Crippen LogP contribution in [0.4, 0.5) is 8.78 Å². The zero-order chi connectivity index (χ0) is 14.5. The van der Waals surface area contributed by atoms with Crippen molar-refractivity contribution < 1.29 is 13.6 Å². The lowest BCUT2D eigenvalue weighted by Crippen LogP contribution is -2.43. The van der Waals surface area contributed by atoms with Gasteiger partial charge in [-0.05, 0) is 44.1 Å². The normalized spacial score (nSPS) is 15.8. The van der Waals surface area contributed by atoms with Crippen LogP contribution in [0.15, 0.2) is 24.3 Å². The van der Waals surface area contributed by atoms with Crippen molar-refractivity contribution in [2.45, 2.75) is 18.9 Å². The van der Waals surface area contributed by atoms with E-state index in [0.29, 0.717) is 0 Å². The molecule has 0 radical (unpaired) electrons. The molecule has 0 aromatic heterocycles. The molecule has 1 N–H and O–H groups in total. The summed E-state index contributed by atoms with van der Waals surface area (Å²) in [5.74, 6) is -1.57. The van der Waals surface area contributed by atoms with Crippen LogP contribution in [0.2, 0.25) is 0 Å². The minimum absolute atomic E-state index is 0. The van der Waals surface area contributed by atoms with Crippen molar-refractivity contribution in [3.8, 4) is 0 Å². The maximum Gasteiger partial charge on any atom is 0.246 e. The molecule has 0 unspecified atom stereocenters. The number of hydrogen-bond acceptors (Lipinski definition) is 2. The SMILES string of the molecule is CN(C(=O)C=Cc1c(F)cccc1F)C1CCNCC1.Cl. The second kappa shape index (κ2) is 8.10. The second-order valence-corrected chi connectivity index (χ2v) is 4.90. The Balaban J connectivity index is 0.00000220. The second-order valence-electron chi connectivity index (χ2n) is 4.90. The predicted octanol–water partition coefficient (Wildman–Crippen LogP) is 2.61. The Bertz CT molecular complexity index is 496. The third-order valence-corrected chi connectivity index (χ3v) is 3.60. The zero-order valence-corrected chi connectivity index (χ0v) is 12.6. The minimum atomic E-state index is -0.668. The van der Waals surface area contributed by atoms with Crippen molar-refractivity contribution in [3.05, 3.63) is 41.5 Å². The van der Waals surface area contributed by atoms with Gasteiger partial charge in [0.05, 0.1) is 0 Å². The number of amides is 1. The fourth-order valence-electron chi connectivity index (χ4n) is 2.32. The molecule has 21 heavy (non-hydrogen) atoms. The molecule has 0 saturated carbocycles. The number of hydrogen-bond donors (Lipinski definition) is 1. The smallest absolute Gasteiger partial charge is 0.246 e. The quantitative estimate of drug-likeness (QED) is 0.869. The minimum Gasteiger partial charge on any atom is -0.339 e. The Morgan fingerprint density at radius 2 is 1.86 bits per heavy atom. The lowest BCUT2D eigenvalue weighted by molar-refractivity contribution is -0.127. The van der Waals surface area contributed by atoms with Gasteiger partial charge in [-0.15, -0.1) is 12.4 Å². The van der Waals surface area contributed by atoms with Crippen LogP contribution in [0.1, 0.15) is 18.4 Å². The largest absolute Gasteiger partial charge is 0.339 e. The van der Waals surface area contributed by atoms with Crippen molar-refractivity contribution in [1.82, 2.24) is 10.2 Å². The molecule has 0 aliphatic carbocycles. The highest BCUT2D eigenvalue weighted by molar-refractivity contribution is 5.91. The van der Waals surface area contributed by atoms with E-state index in [9.17, 15) is 13.6 Å². The molecule has 3 nitrogen and oxygen atoms in total. The molecule has 1 aromatic carbocycles. The molecular formula is C15H19ClF2N2O. The Morgan fingerprint density at radius 3 is 2.43 bits per heavy atom. The highest BCUT2D eigenvalue weighted by Crippen LogP contribution is 2.15. The number of nitrogens with one attached hydrogen (secondary N) is 1. The van der Waals surface area contributed by atoms with E-state index in [4.69, 9.17) is 0 Å². The number of benzene rings is 1. The summed E-state index contributed by atoms with van der Waals surface area (Å²) in [6.45, 7) is 1.77. The molecular weight excluding hydrogens is 298 g/mol. The number of halogens is 3. The average Bonchev–Trinajstić information content (AvgIpc) is 2.46. The highest BCUT2D eigenvalue weighted by Gasteiger charge is 2.20. The van der Waals surface area contributed by atoms with Gasteiger partial charge in [-0.3, -0.25) is 4.79 Å². The molecule has 1 amide bonds. The monoisotopic (exact) mass is 316 g/mol. The van der Waals surface area contributed by atoms with Gasteiger partial charge in [-0.25, -0.2) is 8.78 Å². The molecule has 0 atom stereocenters. The summed E-state index contributed by atoms with van der Waals surface area (Å²) < 4.78 is 26.9. The average molecular weight is 317 g/mol. The Kier molecular flexibility index (Phi) is 6.78. The number of carbonyl (C=O) groups is 1. The first kappa shape index (κ1) is 17.6. The van der Waals surface area contributed by atoms with Gasteiger partial charge >= 0.3 is 0 Å². The van der Waals surface area contributed by atoms with Gasteiger partial charge in [0.1, 0.15) is 11.6 Å².